The largest absolute Gasteiger partial charge is 0.372 e. The van der Waals surface area contributed by atoms with Crippen molar-refractivity contribution < 1.29 is 9.53 Å². The van der Waals surface area contributed by atoms with Gasteiger partial charge in [0.2, 0.25) is 5.91 Å². The highest BCUT2D eigenvalue weighted by atomic mass is 16.5. The number of ether oxygens (including phenoxy) is 1. The quantitative estimate of drug-likeness (QED) is 0.572. The van der Waals surface area contributed by atoms with Crippen LogP contribution in [-0.4, -0.2) is 19.1 Å². The Balaban J connectivity index is 2.00. The van der Waals surface area contributed by atoms with Gasteiger partial charge in [-0.2, -0.15) is 0 Å². The monoisotopic (exact) mass is 305 g/mol. The Kier molecular flexibility index (Phi) is 10.4. The van der Waals surface area contributed by atoms with Gasteiger partial charge in [-0.05, 0) is 18.9 Å². The lowest BCUT2D eigenvalue weighted by Crippen LogP contribution is -2.30. The average Bonchev–Trinajstić information content (AvgIpc) is 2.54. The van der Waals surface area contributed by atoms with Crippen LogP contribution >= 0.6 is 0 Å². The molecule has 0 fully saturated rings. The number of unbranched alkanes of at least 4 members (excludes halogenated alkanes) is 6. The third-order valence-electron chi connectivity index (χ3n) is 3.80. The van der Waals surface area contributed by atoms with Crippen LogP contribution in [0, 0.1) is 0 Å². The summed E-state index contributed by atoms with van der Waals surface area (Å²) in [6, 6.07) is 10.00. The van der Waals surface area contributed by atoms with Crippen molar-refractivity contribution in [3.05, 3.63) is 35.9 Å². The van der Waals surface area contributed by atoms with Crippen molar-refractivity contribution in [1.82, 2.24) is 5.32 Å². The van der Waals surface area contributed by atoms with Crippen molar-refractivity contribution >= 4 is 5.91 Å². The molecule has 1 unspecified atom stereocenters. The van der Waals surface area contributed by atoms with Crippen molar-refractivity contribution in [1.29, 1.82) is 0 Å². The predicted octanol–water partition coefficient (Wildman–Crippen LogP) is 4.63. The third-order valence-corrected chi connectivity index (χ3v) is 3.80. The lowest BCUT2D eigenvalue weighted by Gasteiger charge is -2.14. The fourth-order valence-electron chi connectivity index (χ4n) is 2.43. The fourth-order valence-corrected chi connectivity index (χ4v) is 2.43. The van der Waals surface area contributed by atoms with Gasteiger partial charge in [-0.25, -0.2) is 0 Å². The Morgan fingerprint density at radius 3 is 2.36 bits per heavy atom. The SMILES string of the molecule is CCCCCCCCCOCC(=O)NC(C)c1ccccc1. The Morgan fingerprint density at radius 2 is 1.68 bits per heavy atom. The summed E-state index contributed by atoms with van der Waals surface area (Å²) in [6.07, 6.45) is 8.83. The second-order valence-corrected chi connectivity index (χ2v) is 5.87. The van der Waals surface area contributed by atoms with E-state index in [0.717, 1.165) is 12.0 Å². The molecule has 0 aliphatic heterocycles. The van der Waals surface area contributed by atoms with Crippen molar-refractivity contribution in [3.63, 3.8) is 0 Å². The van der Waals surface area contributed by atoms with E-state index in [1.807, 2.05) is 37.3 Å². The first-order chi connectivity index (χ1) is 10.7. The summed E-state index contributed by atoms with van der Waals surface area (Å²) >= 11 is 0. The van der Waals surface area contributed by atoms with Gasteiger partial charge >= 0.3 is 0 Å². The standard InChI is InChI=1S/C19H31NO2/c1-3-4-5-6-7-8-12-15-22-16-19(21)20-17(2)18-13-10-9-11-14-18/h9-11,13-14,17H,3-8,12,15-16H2,1-2H3,(H,20,21). The maximum atomic E-state index is 11.8. The molecule has 1 aromatic carbocycles. The summed E-state index contributed by atoms with van der Waals surface area (Å²) in [5.74, 6) is -0.0423. The molecule has 22 heavy (non-hydrogen) atoms. The number of hydrogen-bond acceptors (Lipinski definition) is 2. The van der Waals surface area contributed by atoms with Gasteiger partial charge in [0, 0.05) is 6.61 Å². The zero-order chi connectivity index (χ0) is 16.0. The highest BCUT2D eigenvalue weighted by Gasteiger charge is 2.08. The second-order valence-electron chi connectivity index (χ2n) is 5.87. The highest BCUT2D eigenvalue weighted by molar-refractivity contribution is 5.77. The van der Waals surface area contributed by atoms with E-state index in [4.69, 9.17) is 4.74 Å². The Bertz CT molecular complexity index is 392. The van der Waals surface area contributed by atoms with E-state index < -0.39 is 0 Å². The summed E-state index contributed by atoms with van der Waals surface area (Å²) in [5.41, 5.74) is 1.11. The number of amides is 1. The molecule has 0 radical (unpaired) electrons. The molecule has 0 saturated heterocycles. The van der Waals surface area contributed by atoms with Crippen LogP contribution in [-0.2, 0) is 9.53 Å². The minimum Gasteiger partial charge on any atom is -0.372 e. The highest BCUT2D eigenvalue weighted by Crippen LogP contribution is 2.10. The van der Waals surface area contributed by atoms with Crippen LogP contribution in [0.25, 0.3) is 0 Å². The number of carbonyl (C=O) groups excluding carboxylic acids is 1. The first kappa shape index (κ1) is 18.7. The van der Waals surface area contributed by atoms with Crippen molar-refractivity contribution in [2.75, 3.05) is 13.2 Å². The number of nitrogens with one attached hydrogen (secondary N) is 1. The van der Waals surface area contributed by atoms with Gasteiger partial charge in [-0.3, -0.25) is 4.79 Å². The van der Waals surface area contributed by atoms with Crippen LogP contribution in [0.15, 0.2) is 30.3 Å². The molecule has 1 amide bonds. The van der Waals surface area contributed by atoms with Crippen LogP contribution in [0.5, 0.6) is 0 Å². The number of benzene rings is 1. The number of rotatable bonds is 12. The van der Waals surface area contributed by atoms with Crippen LogP contribution in [0.2, 0.25) is 0 Å². The first-order valence-corrected chi connectivity index (χ1v) is 8.66. The second kappa shape index (κ2) is 12.2. The summed E-state index contributed by atoms with van der Waals surface area (Å²) in [7, 11) is 0. The number of hydrogen-bond donors (Lipinski definition) is 1. The maximum absolute atomic E-state index is 11.8. The van der Waals surface area contributed by atoms with Crippen LogP contribution < -0.4 is 5.32 Å². The molecule has 0 aromatic heterocycles. The molecule has 124 valence electrons. The van der Waals surface area contributed by atoms with Crippen molar-refractivity contribution in [3.8, 4) is 0 Å². The van der Waals surface area contributed by atoms with Gasteiger partial charge in [0.05, 0.1) is 6.04 Å². The molecule has 0 bridgehead atoms. The van der Waals surface area contributed by atoms with Gasteiger partial charge in [-0.1, -0.05) is 75.8 Å². The van der Waals surface area contributed by atoms with E-state index in [2.05, 4.69) is 12.2 Å². The fraction of sp³-hybridized carbons (Fsp3) is 0.632. The summed E-state index contributed by atoms with van der Waals surface area (Å²) in [4.78, 5) is 11.8. The van der Waals surface area contributed by atoms with E-state index in [-0.39, 0.29) is 18.6 Å². The lowest BCUT2D eigenvalue weighted by atomic mass is 10.1. The van der Waals surface area contributed by atoms with Crippen molar-refractivity contribution in [2.24, 2.45) is 0 Å². The lowest BCUT2D eigenvalue weighted by molar-refractivity contribution is -0.126. The molecule has 0 saturated carbocycles. The summed E-state index contributed by atoms with van der Waals surface area (Å²) in [6.45, 7) is 5.06. The van der Waals surface area contributed by atoms with Gasteiger partial charge in [0.25, 0.3) is 0 Å². The molecule has 0 spiro atoms. The molecule has 1 atom stereocenters. The van der Waals surface area contributed by atoms with E-state index >= 15 is 0 Å². The van der Waals surface area contributed by atoms with E-state index in [0.29, 0.717) is 6.61 Å². The summed E-state index contributed by atoms with van der Waals surface area (Å²) in [5, 5.41) is 2.96. The van der Waals surface area contributed by atoms with Gasteiger partial charge in [0.1, 0.15) is 6.61 Å². The molecule has 0 heterocycles. The Morgan fingerprint density at radius 1 is 1.05 bits per heavy atom. The zero-order valence-electron chi connectivity index (χ0n) is 14.1. The average molecular weight is 305 g/mol. The maximum Gasteiger partial charge on any atom is 0.246 e. The van der Waals surface area contributed by atoms with E-state index in [1.54, 1.807) is 0 Å². The Hall–Kier alpha value is -1.35. The van der Waals surface area contributed by atoms with Crippen LogP contribution in [0.4, 0.5) is 0 Å². The van der Waals surface area contributed by atoms with Gasteiger partial charge in [0.15, 0.2) is 0 Å². The smallest absolute Gasteiger partial charge is 0.246 e. The van der Waals surface area contributed by atoms with Crippen LogP contribution in [0.1, 0.15) is 70.4 Å². The molecule has 1 aromatic rings. The molecule has 0 aliphatic carbocycles. The molecule has 1 N–H and O–H groups in total. The normalized spacial score (nSPS) is 12.1. The molecular formula is C19H31NO2. The van der Waals surface area contributed by atoms with Gasteiger partial charge in [-0.15, -0.1) is 0 Å². The molecular weight excluding hydrogens is 274 g/mol. The van der Waals surface area contributed by atoms with Crippen LogP contribution in [0.3, 0.4) is 0 Å². The number of carbonyl (C=O) groups is 1. The molecule has 3 heteroatoms. The zero-order valence-corrected chi connectivity index (χ0v) is 14.1. The predicted molar refractivity (Wildman–Crippen MR) is 91.8 cm³/mol. The Labute approximate surface area is 135 Å². The molecule has 0 aliphatic rings. The van der Waals surface area contributed by atoms with Crippen molar-refractivity contribution in [2.45, 2.75) is 64.8 Å². The topological polar surface area (TPSA) is 38.3 Å². The van der Waals surface area contributed by atoms with E-state index in [1.165, 1.54) is 38.5 Å². The van der Waals surface area contributed by atoms with Gasteiger partial charge < -0.3 is 10.1 Å². The molecule has 1 rings (SSSR count). The minimum absolute atomic E-state index is 0.0239. The molecule has 3 nitrogen and oxygen atoms in total. The first-order valence-electron chi connectivity index (χ1n) is 8.66. The third kappa shape index (κ3) is 8.83. The summed E-state index contributed by atoms with van der Waals surface area (Å²) < 4.78 is 5.45. The minimum atomic E-state index is -0.0423. The van der Waals surface area contributed by atoms with E-state index in [9.17, 15) is 4.79 Å².